The third-order valence-corrected chi connectivity index (χ3v) is 3.90. The van der Waals surface area contributed by atoms with Gasteiger partial charge in [-0.25, -0.2) is 0 Å². The Bertz CT molecular complexity index is 414. The van der Waals surface area contributed by atoms with Crippen LogP contribution >= 0.6 is 0 Å². The largest absolute Gasteiger partial charge is 0.488 e. The lowest BCUT2D eigenvalue weighted by Crippen LogP contribution is -2.44. The summed E-state index contributed by atoms with van der Waals surface area (Å²) in [5.74, 6) is 0. The number of nitrogens with zero attached hydrogens (tertiary/aromatic N) is 2. The molecule has 0 aliphatic carbocycles. The van der Waals surface area contributed by atoms with Gasteiger partial charge in [0.1, 0.15) is 0 Å². The van der Waals surface area contributed by atoms with Crippen LogP contribution in [-0.4, -0.2) is 60.2 Å². The molecule has 1 aliphatic rings. The van der Waals surface area contributed by atoms with E-state index >= 15 is 0 Å². The van der Waals surface area contributed by atoms with E-state index in [1.54, 1.807) is 6.07 Å². The van der Waals surface area contributed by atoms with Crippen molar-refractivity contribution in [2.75, 3.05) is 27.2 Å². The number of likely N-dealkylation sites (tertiary alicyclic amines) is 1. The van der Waals surface area contributed by atoms with Gasteiger partial charge in [0.05, 0.1) is 0 Å². The maximum Gasteiger partial charge on any atom is 0.488 e. The predicted molar refractivity (Wildman–Crippen MR) is 78.3 cm³/mol. The molecular formula is C14H23BN2O2. The second-order valence-electron chi connectivity index (χ2n) is 5.59. The second kappa shape index (κ2) is 6.52. The average molecular weight is 262 g/mol. The molecule has 0 spiro atoms. The van der Waals surface area contributed by atoms with Crippen LogP contribution in [-0.2, 0) is 6.54 Å². The summed E-state index contributed by atoms with van der Waals surface area (Å²) in [6.07, 6.45) is 2.49. The van der Waals surface area contributed by atoms with Crippen LogP contribution in [0.5, 0.6) is 0 Å². The summed E-state index contributed by atoms with van der Waals surface area (Å²) in [6, 6.07) is 8.11. The third-order valence-electron chi connectivity index (χ3n) is 3.90. The Morgan fingerprint density at radius 1 is 1.42 bits per heavy atom. The van der Waals surface area contributed by atoms with Crippen LogP contribution in [0.3, 0.4) is 0 Å². The van der Waals surface area contributed by atoms with Gasteiger partial charge in [0.15, 0.2) is 0 Å². The Morgan fingerprint density at radius 2 is 2.21 bits per heavy atom. The molecule has 1 aromatic carbocycles. The standard InChI is InChI=1S/C14H23BN2O2/c1-16-8-4-7-14(11-16)17(2)10-12-5-3-6-13(9-12)15(18)19/h3,5-6,9,14,18-19H,4,7-8,10-11H2,1-2H3. The van der Waals surface area contributed by atoms with E-state index in [-0.39, 0.29) is 0 Å². The highest BCUT2D eigenvalue weighted by Crippen LogP contribution is 2.15. The fourth-order valence-corrected chi connectivity index (χ4v) is 2.77. The lowest BCUT2D eigenvalue weighted by atomic mass is 9.79. The number of hydrogen-bond acceptors (Lipinski definition) is 4. The normalized spacial score (nSPS) is 20.8. The van der Waals surface area contributed by atoms with Gasteiger partial charge in [-0.3, -0.25) is 4.90 Å². The zero-order chi connectivity index (χ0) is 13.8. The van der Waals surface area contributed by atoms with Crippen molar-refractivity contribution in [1.29, 1.82) is 0 Å². The molecule has 0 aromatic heterocycles. The maximum absolute atomic E-state index is 9.20. The zero-order valence-corrected chi connectivity index (χ0v) is 11.8. The summed E-state index contributed by atoms with van der Waals surface area (Å²) in [6.45, 7) is 3.15. The van der Waals surface area contributed by atoms with E-state index in [4.69, 9.17) is 0 Å². The molecule has 1 saturated heterocycles. The van der Waals surface area contributed by atoms with Gasteiger partial charge in [0, 0.05) is 19.1 Å². The molecule has 1 atom stereocenters. The molecule has 4 nitrogen and oxygen atoms in total. The molecule has 2 N–H and O–H groups in total. The first kappa shape index (κ1) is 14.5. The van der Waals surface area contributed by atoms with E-state index in [1.807, 2.05) is 18.2 Å². The molecule has 1 aromatic rings. The van der Waals surface area contributed by atoms with Crippen molar-refractivity contribution in [3.63, 3.8) is 0 Å². The lowest BCUT2D eigenvalue weighted by Gasteiger charge is -2.36. The number of hydrogen-bond donors (Lipinski definition) is 2. The predicted octanol–water partition coefficient (Wildman–Crippen LogP) is -0.108. The number of likely N-dealkylation sites (N-methyl/N-ethyl adjacent to an activating group) is 2. The fourth-order valence-electron chi connectivity index (χ4n) is 2.77. The molecule has 1 unspecified atom stereocenters. The van der Waals surface area contributed by atoms with Gasteiger partial charge in [-0.15, -0.1) is 0 Å². The van der Waals surface area contributed by atoms with Crippen LogP contribution in [0.25, 0.3) is 0 Å². The van der Waals surface area contributed by atoms with Crippen LogP contribution in [0.4, 0.5) is 0 Å². The third kappa shape index (κ3) is 4.04. The highest BCUT2D eigenvalue weighted by atomic mass is 16.4. The summed E-state index contributed by atoms with van der Waals surface area (Å²) in [5, 5.41) is 18.4. The molecular weight excluding hydrogens is 239 g/mol. The summed E-state index contributed by atoms with van der Waals surface area (Å²) >= 11 is 0. The van der Waals surface area contributed by atoms with Crippen molar-refractivity contribution >= 4 is 12.6 Å². The van der Waals surface area contributed by atoms with Gasteiger partial charge >= 0.3 is 7.12 Å². The molecule has 0 radical (unpaired) electrons. The Kier molecular flexibility index (Phi) is 4.99. The first-order valence-electron chi connectivity index (χ1n) is 6.90. The highest BCUT2D eigenvalue weighted by molar-refractivity contribution is 6.58. The molecule has 5 heteroatoms. The minimum Gasteiger partial charge on any atom is -0.423 e. The fraction of sp³-hybridized carbons (Fsp3) is 0.571. The second-order valence-corrected chi connectivity index (χ2v) is 5.59. The van der Waals surface area contributed by atoms with Crippen molar-refractivity contribution in [2.45, 2.75) is 25.4 Å². The van der Waals surface area contributed by atoms with E-state index in [1.165, 1.54) is 19.4 Å². The van der Waals surface area contributed by atoms with Gasteiger partial charge in [0.2, 0.25) is 0 Å². The van der Waals surface area contributed by atoms with E-state index in [9.17, 15) is 10.0 Å². The quantitative estimate of drug-likeness (QED) is 0.743. The topological polar surface area (TPSA) is 46.9 Å². The van der Waals surface area contributed by atoms with Gasteiger partial charge in [0.25, 0.3) is 0 Å². The van der Waals surface area contributed by atoms with Crippen molar-refractivity contribution in [1.82, 2.24) is 9.80 Å². The summed E-state index contributed by atoms with van der Waals surface area (Å²) in [4.78, 5) is 4.73. The van der Waals surface area contributed by atoms with E-state index < -0.39 is 7.12 Å². The molecule has 2 rings (SSSR count). The van der Waals surface area contributed by atoms with Crippen molar-refractivity contribution in [3.05, 3.63) is 29.8 Å². The van der Waals surface area contributed by atoms with Gasteiger partial charge < -0.3 is 14.9 Å². The van der Waals surface area contributed by atoms with Crippen molar-refractivity contribution in [3.8, 4) is 0 Å². The minimum absolute atomic E-state index is 0.562. The lowest BCUT2D eigenvalue weighted by molar-refractivity contribution is 0.129. The maximum atomic E-state index is 9.20. The SMILES string of the molecule is CN1CCCC(N(C)Cc2cccc(B(O)O)c2)C1. The van der Waals surface area contributed by atoms with Crippen LogP contribution in [0.2, 0.25) is 0 Å². The van der Waals surface area contributed by atoms with Crippen molar-refractivity contribution < 1.29 is 10.0 Å². The number of benzene rings is 1. The Morgan fingerprint density at radius 3 is 2.89 bits per heavy atom. The summed E-state index contributed by atoms with van der Waals surface area (Å²) in [5.41, 5.74) is 1.69. The molecule has 0 amide bonds. The average Bonchev–Trinajstić information content (AvgIpc) is 2.39. The van der Waals surface area contributed by atoms with Crippen LogP contribution in [0, 0.1) is 0 Å². The minimum atomic E-state index is -1.38. The first-order chi connectivity index (χ1) is 9.06. The zero-order valence-electron chi connectivity index (χ0n) is 11.8. The molecule has 19 heavy (non-hydrogen) atoms. The number of piperidine rings is 1. The smallest absolute Gasteiger partial charge is 0.423 e. The molecule has 1 heterocycles. The molecule has 0 bridgehead atoms. The Balaban J connectivity index is 1.98. The summed E-state index contributed by atoms with van der Waals surface area (Å²) in [7, 11) is 2.93. The van der Waals surface area contributed by atoms with Gasteiger partial charge in [-0.2, -0.15) is 0 Å². The molecule has 1 fully saturated rings. The molecule has 0 saturated carbocycles. The van der Waals surface area contributed by atoms with Crippen molar-refractivity contribution in [2.24, 2.45) is 0 Å². The van der Waals surface area contributed by atoms with Gasteiger partial charge in [-0.1, -0.05) is 24.3 Å². The first-order valence-corrected chi connectivity index (χ1v) is 6.90. The number of rotatable bonds is 4. The monoisotopic (exact) mass is 262 g/mol. The Labute approximate surface area is 115 Å². The van der Waals surface area contributed by atoms with Crippen LogP contribution in [0.1, 0.15) is 18.4 Å². The van der Waals surface area contributed by atoms with Gasteiger partial charge in [-0.05, 0) is 44.5 Å². The van der Waals surface area contributed by atoms with Crippen LogP contribution < -0.4 is 5.46 Å². The summed E-state index contributed by atoms with van der Waals surface area (Å²) < 4.78 is 0. The molecule has 104 valence electrons. The van der Waals surface area contributed by atoms with E-state index in [0.29, 0.717) is 11.5 Å². The highest BCUT2D eigenvalue weighted by Gasteiger charge is 2.21. The van der Waals surface area contributed by atoms with E-state index in [2.05, 4.69) is 23.9 Å². The Hall–Kier alpha value is -0.875. The van der Waals surface area contributed by atoms with E-state index in [0.717, 1.165) is 18.7 Å². The van der Waals surface area contributed by atoms with Crippen LogP contribution in [0.15, 0.2) is 24.3 Å². The molecule has 1 aliphatic heterocycles.